The Morgan fingerprint density at radius 2 is 2.36 bits per heavy atom. The Morgan fingerprint density at radius 1 is 1.50 bits per heavy atom. The molecule has 0 unspecified atom stereocenters. The van der Waals surface area contributed by atoms with Crippen molar-refractivity contribution in [3.05, 3.63) is 50.5 Å². The first-order chi connectivity index (χ1) is 10.6. The van der Waals surface area contributed by atoms with E-state index in [9.17, 15) is 4.79 Å². The molecule has 1 aliphatic heterocycles. The highest BCUT2D eigenvalue weighted by molar-refractivity contribution is 9.10. The number of rotatable bonds is 1. The Kier molecular flexibility index (Phi) is 3.27. The molecule has 0 fully saturated rings. The lowest BCUT2D eigenvalue weighted by Gasteiger charge is -2.33. The minimum absolute atomic E-state index is 0.0361. The summed E-state index contributed by atoms with van der Waals surface area (Å²) in [5.74, 6) is -0.0361. The van der Waals surface area contributed by atoms with Gasteiger partial charge in [-0.2, -0.15) is 5.10 Å². The van der Waals surface area contributed by atoms with E-state index in [1.54, 1.807) is 34.3 Å². The van der Waals surface area contributed by atoms with E-state index >= 15 is 0 Å². The van der Waals surface area contributed by atoms with Crippen molar-refractivity contribution in [2.75, 3.05) is 6.54 Å². The summed E-state index contributed by atoms with van der Waals surface area (Å²) in [6.45, 7) is 2.81. The molecule has 0 radical (unpaired) electrons. The van der Waals surface area contributed by atoms with Gasteiger partial charge in [0.1, 0.15) is 0 Å². The molecule has 1 amide bonds. The molecule has 0 saturated heterocycles. The van der Waals surface area contributed by atoms with Crippen LogP contribution < -0.4 is 0 Å². The maximum Gasteiger partial charge on any atom is 0.274 e. The summed E-state index contributed by atoms with van der Waals surface area (Å²) in [6.07, 6.45) is 4.42. The quantitative estimate of drug-likeness (QED) is 0.654. The zero-order valence-electron chi connectivity index (χ0n) is 11.9. The molecule has 4 rings (SSSR count). The van der Waals surface area contributed by atoms with Crippen LogP contribution in [0.2, 0.25) is 0 Å². The molecule has 22 heavy (non-hydrogen) atoms. The number of nitrogens with zero attached hydrogens (tertiary/aromatic N) is 4. The van der Waals surface area contributed by atoms with E-state index < -0.39 is 0 Å². The summed E-state index contributed by atoms with van der Waals surface area (Å²) in [5, 5.41) is 6.46. The Hall–Kier alpha value is -1.73. The van der Waals surface area contributed by atoms with E-state index in [1.807, 2.05) is 4.90 Å². The number of thiophene rings is 1. The van der Waals surface area contributed by atoms with Gasteiger partial charge in [-0.3, -0.25) is 4.79 Å². The van der Waals surface area contributed by atoms with Crippen molar-refractivity contribution in [2.24, 2.45) is 0 Å². The van der Waals surface area contributed by atoms with Gasteiger partial charge in [0.05, 0.1) is 10.5 Å². The lowest BCUT2D eigenvalue weighted by Crippen LogP contribution is -2.38. The number of carbonyl (C=O) groups is 1. The van der Waals surface area contributed by atoms with Crippen molar-refractivity contribution < 1.29 is 4.79 Å². The van der Waals surface area contributed by atoms with Gasteiger partial charge in [-0.05, 0) is 46.3 Å². The number of aromatic nitrogens is 3. The number of hydrogen-bond donors (Lipinski definition) is 0. The van der Waals surface area contributed by atoms with E-state index in [2.05, 4.69) is 44.4 Å². The predicted molar refractivity (Wildman–Crippen MR) is 88.2 cm³/mol. The maximum atomic E-state index is 12.8. The van der Waals surface area contributed by atoms with Gasteiger partial charge in [0, 0.05) is 29.9 Å². The topological polar surface area (TPSA) is 50.5 Å². The van der Waals surface area contributed by atoms with Crippen molar-refractivity contribution in [1.82, 2.24) is 19.5 Å². The molecule has 112 valence electrons. The zero-order valence-corrected chi connectivity index (χ0v) is 14.3. The Bertz CT molecular complexity index is 871. The number of hydrogen-bond acceptors (Lipinski definition) is 4. The summed E-state index contributed by atoms with van der Waals surface area (Å²) in [7, 11) is 0. The second kappa shape index (κ2) is 5.17. The van der Waals surface area contributed by atoms with Crippen LogP contribution in [-0.4, -0.2) is 31.9 Å². The fraction of sp³-hybridized carbons (Fsp3) is 0.267. The van der Waals surface area contributed by atoms with E-state index in [4.69, 9.17) is 0 Å². The molecule has 0 spiro atoms. The lowest BCUT2D eigenvalue weighted by molar-refractivity contribution is 0.0673. The van der Waals surface area contributed by atoms with Crippen molar-refractivity contribution in [3.63, 3.8) is 0 Å². The smallest absolute Gasteiger partial charge is 0.274 e. The van der Waals surface area contributed by atoms with Gasteiger partial charge >= 0.3 is 0 Å². The summed E-state index contributed by atoms with van der Waals surface area (Å²) in [5.41, 5.74) is 2.37. The van der Waals surface area contributed by atoms with Crippen molar-refractivity contribution in [1.29, 1.82) is 0 Å². The average Bonchev–Trinajstić information content (AvgIpc) is 3.12. The summed E-state index contributed by atoms with van der Waals surface area (Å²) >= 11 is 5.13. The molecule has 7 heteroatoms. The number of halogens is 1. The predicted octanol–water partition coefficient (Wildman–Crippen LogP) is 3.31. The third-order valence-electron chi connectivity index (χ3n) is 4.04. The van der Waals surface area contributed by atoms with Crippen molar-refractivity contribution in [3.8, 4) is 0 Å². The second-order valence-corrected chi connectivity index (χ2v) is 7.24. The fourth-order valence-electron chi connectivity index (χ4n) is 2.89. The number of amides is 1. The van der Waals surface area contributed by atoms with Gasteiger partial charge in [-0.1, -0.05) is 0 Å². The van der Waals surface area contributed by atoms with Gasteiger partial charge in [0.2, 0.25) is 0 Å². The monoisotopic (exact) mass is 376 g/mol. The molecule has 3 aromatic heterocycles. The van der Waals surface area contributed by atoms with Crippen LogP contribution in [0.4, 0.5) is 0 Å². The molecule has 5 nitrogen and oxygen atoms in total. The molecular weight excluding hydrogens is 364 g/mol. The van der Waals surface area contributed by atoms with E-state index in [0.717, 1.165) is 17.4 Å². The highest BCUT2D eigenvalue weighted by Crippen LogP contribution is 2.33. The molecule has 0 bridgehead atoms. The average molecular weight is 377 g/mol. The molecular formula is C15H13BrN4OS. The molecule has 0 saturated carbocycles. The first-order valence-electron chi connectivity index (χ1n) is 7.01. The first-order valence-corrected chi connectivity index (χ1v) is 8.69. The van der Waals surface area contributed by atoms with Crippen molar-refractivity contribution in [2.45, 2.75) is 19.4 Å². The summed E-state index contributed by atoms with van der Waals surface area (Å²) in [6, 6.07) is 3.95. The molecule has 4 heterocycles. The van der Waals surface area contributed by atoms with E-state index in [-0.39, 0.29) is 11.9 Å². The van der Waals surface area contributed by atoms with Crippen LogP contribution in [0.1, 0.15) is 33.9 Å². The van der Waals surface area contributed by atoms with Gasteiger partial charge in [0.15, 0.2) is 11.3 Å². The van der Waals surface area contributed by atoms with Crippen LogP contribution >= 0.6 is 27.3 Å². The molecule has 1 atom stereocenters. The van der Waals surface area contributed by atoms with Gasteiger partial charge in [-0.25, -0.2) is 9.50 Å². The van der Waals surface area contributed by atoms with Crippen LogP contribution in [0, 0.1) is 0 Å². The highest BCUT2D eigenvalue weighted by Gasteiger charge is 2.30. The molecule has 3 aromatic rings. The Balaban J connectivity index is 1.68. The van der Waals surface area contributed by atoms with Crippen LogP contribution in [0.5, 0.6) is 0 Å². The fourth-order valence-corrected chi connectivity index (χ4v) is 4.15. The minimum Gasteiger partial charge on any atom is -0.330 e. The summed E-state index contributed by atoms with van der Waals surface area (Å²) in [4.78, 5) is 20.4. The van der Waals surface area contributed by atoms with Crippen molar-refractivity contribution >= 4 is 38.8 Å². The van der Waals surface area contributed by atoms with E-state index in [0.29, 0.717) is 11.3 Å². The third kappa shape index (κ3) is 2.16. The zero-order chi connectivity index (χ0) is 15.3. The van der Waals surface area contributed by atoms with Crippen LogP contribution in [0.3, 0.4) is 0 Å². The molecule has 0 aromatic carbocycles. The van der Waals surface area contributed by atoms with Gasteiger partial charge in [0.25, 0.3) is 5.91 Å². The van der Waals surface area contributed by atoms with Gasteiger partial charge in [-0.15, -0.1) is 11.3 Å². The Morgan fingerprint density at radius 3 is 3.23 bits per heavy atom. The number of carbonyl (C=O) groups excluding carboxylic acids is 1. The normalized spacial score (nSPS) is 17.7. The number of fused-ring (bicyclic) bond motifs is 2. The van der Waals surface area contributed by atoms with Crippen LogP contribution in [0.25, 0.3) is 5.65 Å². The maximum absolute atomic E-state index is 12.8. The molecule has 0 N–H and O–H groups in total. The van der Waals surface area contributed by atoms with Crippen LogP contribution in [-0.2, 0) is 6.42 Å². The lowest BCUT2D eigenvalue weighted by atomic mass is 10.0. The first kappa shape index (κ1) is 13.9. The standard InChI is InChI=1S/C15H13BrN4OS/c1-9-11-3-5-22-13(11)2-4-19(9)15(21)12-6-14-17-7-10(16)8-20(14)18-12/h3,5-9H,2,4H2,1H3/t9-/m1/s1. The third-order valence-corrected chi connectivity index (χ3v) is 5.45. The minimum atomic E-state index is -0.0361. The molecule has 0 aliphatic carbocycles. The Labute approximate surface area is 139 Å². The highest BCUT2D eigenvalue weighted by atomic mass is 79.9. The molecule has 1 aliphatic rings. The SMILES string of the molecule is C[C@@H]1c2ccsc2CCN1C(=O)c1cc2ncc(Br)cn2n1. The van der Waals surface area contributed by atoms with E-state index in [1.165, 1.54) is 10.4 Å². The van der Waals surface area contributed by atoms with Gasteiger partial charge < -0.3 is 4.90 Å². The van der Waals surface area contributed by atoms with Crippen LogP contribution in [0.15, 0.2) is 34.4 Å². The largest absolute Gasteiger partial charge is 0.330 e. The second-order valence-electron chi connectivity index (χ2n) is 5.33. The summed E-state index contributed by atoms with van der Waals surface area (Å²) < 4.78 is 2.46.